The van der Waals surface area contributed by atoms with Crippen LogP contribution in [-0.4, -0.2) is 35.6 Å². The van der Waals surface area contributed by atoms with Crippen molar-refractivity contribution in [1.29, 1.82) is 0 Å². The van der Waals surface area contributed by atoms with Crippen LogP contribution in [0, 0.1) is 5.92 Å². The number of sulfone groups is 1. The number of hydrogen-bond acceptors (Lipinski definition) is 4. The molecule has 1 saturated heterocycles. The van der Waals surface area contributed by atoms with Gasteiger partial charge in [-0.1, -0.05) is 29.8 Å². The van der Waals surface area contributed by atoms with Crippen molar-refractivity contribution in [3.63, 3.8) is 0 Å². The Balaban J connectivity index is 1.72. The quantitative estimate of drug-likeness (QED) is 0.911. The minimum absolute atomic E-state index is 0.0734. The van der Waals surface area contributed by atoms with E-state index in [0.29, 0.717) is 23.8 Å². The van der Waals surface area contributed by atoms with Crippen LogP contribution in [0.1, 0.15) is 12.0 Å². The van der Waals surface area contributed by atoms with Gasteiger partial charge < -0.3 is 5.32 Å². The van der Waals surface area contributed by atoms with E-state index in [-0.39, 0.29) is 17.4 Å². The van der Waals surface area contributed by atoms with E-state index in [1.165, 1.54) is 0 Å². The number of carbonyl (C=O) groups is 1. The molecule has 0 unspecified atom stereocenters. The molecule has 0 aliphatic carbocycles. The number of amides is 1. The standard InChI is InChI=1S/C15H16ClN3O3S/c16-13-4-2-1-3-11(13)9-19-14(5-7-17-19)18-15(20)12-6-8-23(21,22)10-12/h1-5,7,12H,6,8-10H2,(H,18,20)/t12-/m1/s1. The average Bonchev–Trinajstić information content (AvgIpc) is 3.08. The van der Waals surface area contributed by atoms with Gasteiger partial charge in [-0.3, -0.25) is 4.79 Å². The highest BCUT2D eigenvalue weighted by atomic mass is 35.5. The summed E-state index contributed by atoms with van der Waals surface area (Å²) in [6, 6.07) is 9.09. The molecule has 8 heteroatoms. The van der Waals surface area contributed by atoms with Crippen LogP contribution in [-0.2, 0) is 21.2 Å². The Hall–Kier alpha value is -1.86. The summed E-state index contributed by atoms with van der Waals surface area (Å²) in [5.41, 5.74) is 0.886. The molecular weight excluding hydrogens is 338 g/mol. The van der Waals surface area contributed by atoms with E-state index in [0.717, 1.165) is 5.56 Å². The van der Waals surface area contributed by atoms with Crippen LogP contribution in [0.5, 0.6) is 0 Å². The molecule has 3 rings (SSSR count). The Morgan fingerprint density at radius 3 is 2.83 bits per heavy atom. The van der Waals surface area contributed by atoms with Crippen LogP contribution in [0.25, 0.3) is 0 Å². The first-order valence-electron chi connectivity index (χ1n) is 7.21. The maximum Gasteiger partial charge on any atom is 0.229 e. The number of carbonyl (C=O) groups excluding carboxylic acids is 1. The maximum atomic E-state index is 12.2. The first kappa shape index (κ1) is 16.0. The normalized spacial score (nSPS) is 19.6. The third-order valence-electron chi connectivity index (χ3n) is 3.85. The molecule has 0 spiro atoms. The summed E-state index contributed by atoms with van der Waals surface area (Å²) in [7, 11) is -3.08. The van der Waals surface area contributed by atoms with Gasteiger partial charge in [-0.15, -0.1) is 0 Å². The molecule has 2 aromatic rings. The van der Waals surface area contributed by atoms with Crippen LogP contribution in [0.2, 0.25) is 5.02 Å². The highest BCUT2D eigenvalue weighted by Gasteiger charge is 2.33. The molecule has 1 N–H and O–H groups in total. The van der Waals surface area contributed by atoms with Crippen molar-refractivity contribution in [3.8, 4) is 0 Å². The number of halogens is 1. The van der Waals surface area contributed by atoms with E-state index in [4.69, 9.17) is 11.6 Å². The van der Waals surface area contributed by atoms with Crippen molar-refractivity contribution in [2.75, 3.05) is 16.8 Å². The van der Waals surface area contributed by atoms with Crippen molar-refractivity contribution >= 4 is 33.2 Å². The predicted octanol–water partition coefficient (Wildman–Crippen LogP) is 1.96. The van der Waals surface area contributed by atoms with Crippen LogP contribution in [0.4, 0.5) is 5.82 Å². The second-order valence-electron chi connectivity index (χ2n) is 5.55. The van der Waals surface area contributed by atoms with Crippen molar-refractivity contribution in [2.45, 2.75) is 13.0 Å². The molecule has 2 heterocycles. The van der Waals surface area contributed by atoms with Crippen molar-refractivity contribution in [3.05, 3.63) is 47.1 Å². The molecule has 1 atom stereocenters. The van der Waals surface area contributed by atoms with Gasteiger partial charge in [0.05, 0.1) is 30.2 Å². The van der Waals surface area contributed by atoms with Gasteiger partial charge in [-0.2, -0.15) is 5.10 Å². The fraction of sp³-hybridized carbons (Fsp3) is 0.333. The number of aromatic nitrogens is 2. The van der Waals surface area contributed by atoms with E-state index < -0.39 is 15.8 Å². The van der Waals surface area contributed by atoms with Gasteiger partial charge in [0, 0.05) is 11.1 Å². The van der Waals surface area contributed by atoms with Crippen LogP contribution in [0.15, 0.2) is 36.5 Å². The molecule has 6 nitrogen and oxygen atoms in total. The zero-order chi connectivity index (χ0) is 16.4. The summed E-state index contributed by atoms with van der Waals surface area (Å²) in [6.07, 6.45) is 1.95. The monoisotopic (exact) mass is 353 g/mol. The van der Waals surface area contributed by atoms with E-state index in [9.17, 15) is 13.2 Å². The number of nitrogens with zero attached hydrogens (tertiary/aromatic N) is 2. The fourth-order valence-corrected chi connectivity index (χ4v) is 4.52. The molecule has 1 fully saturated rings. The number of anilines is 1. The number of benzene rings is 1. The van der Waals surface area contributed by atoms with E-state index in [1.807, 2.05) is 18.2 Å². The molecule has 122 valence electrons. The summed E-state index contributed by atoms with van der Waals surface area (Å²) < 4.78 is 24.6. The molecule has 1 aromatic carbocycles. The summed E-state index contributed by atoms with van der Waals surface area (Å²) in [5, 5.41) is 7.58. The third kappa shape index (κ3) is 3.73. The van der Waals surface area contributed by atoms with Gasteiger partial charge in [0.1, 0.15) is 5.82 Å². The Labute approximate surface area is 139 Å². The molecule has 0 bridgehead atoms. The van der Waals surface area contributed by atoms with Crippen LogP contribution >= 0.6 is 11.6 Å². The summed E-state index contributed by atoms with van der Waals surface area (Å²) in [4.78, 5) is 12.2. The number of rotatable bonds is 4. The van der Waals surface area contributed by atoms with Gasteiger partial charge in [-0.05, 0) is 18.1 Å². The van der Waals surface area contributed by atoms with Gasteiger partial charge in [0.2, 0.25) is 5.91 Å². The van der Waals surface area contributed by atoms with E-state index >= 15 is 0 Å². The van der Waals surface area contributed by atoms with E-state index in [1.54, 1.807) is 23.0 Å². The lowest BCUT2D eigenvalue weighted by Gasteiger charge is -2.12. The summed E-state index contributed by atoms with van der Waals surface area (Å²) in [6.45, 7) is 0.422. The third-order valence-corrected chi connectivity index (χ3v) is 5.99. The predicted molar refractivity (Wildman–Crippen MR) is 88.2 cm³/mol. The average molecular weight is 354 g/mol. The van der Waals surface area contributed by atoms with Gasteiger partial charge in [-0.25, -0.2) is 13.1 Å². The van der Waals surface area contributed by atoms with Crippen molar-refractivity contribution < 1.29 is 13.2 Å². The first-order chi connectivity index (χ1) is 10.9. The minimum Gasteiger partial charge on any atom is -0.311 e. The van der Waals surface area contributed by atoms with Gasteiger partial charge in [0.25, 0.3) is 0 Å². The Bertz CT molecular complexity index is 832. The highest BCUT2D eigenvalue weighted by molar-refractivity contribution is 7.91. The number of nitrogens with one attached hydrogen (secondary N) is 1. The summed E-state index contributed by atoms with van der Waals surface area (Å²) >= 11 is 6.14. The topological polar surface area (TPSA) is 81.1 Å². The molecule has 1 aromatic heterocycles. The number of hydrogen-bond donors (Lipinski definition) is 1. The first-order valence-corrected chi connectivity index (χ1v) is 9.41. The second-order valence-corrected chi connectivity index (χ2v) is 8.19. The lowest BCUT2D eigenvalue weighted by Crippen LogP contribution is -2.25. The molecule has 1 amide bonds. The zero-order valence-electron chi connectivity index (χ0n) is 12.3. The molecule has 0 radical (unpaired) electrons. The Morgan fingerprint density at radius 2 is 2.13 bits per heavy atom. The SMILES string of the molecule is O=C(Nc1ccnn1Cc1ccccc1Cl)[C@@H]1CCS(=O)(=O)C1. The Kier molecular flexibility index (Phi) is 4.41. The summed E-state index contributed by atoms with van der Waals surface area (Å²) in [5.74, 6) is -0.267. The highest BCUT2D eigenvalue weighted by Crippen LogP contribution is 2.21. The lowest BCUT2D eigenvalue weighted by atomic mass is 10.1. The maximum absolute atomic E-state index is 12.2. The van der Waals surface area contributed by atoms with Crippen molar-refractivity contribution in [1.82, 2.24) is 9.78 Å². The molecule has 0 saturated carbocycles. The van der Waals surface area contributed by atoms with E-state index in [2.05, 4.69) is 10.4 Å². The van der Waals surface area contributed by atoms with Gasteiger partial charge >= 0.3 is 0 Å². The molecule has 1 aliphatic heterocycles. The zero-order valence-corrected chi connectivity index (χ0v) is 13.8. The second kappa shape index (κ2) is 6.33. The molecular formula is C15H16ClN3O3S. The molecule has 23 heavy (non-hydrogen) atoms. The van der Waals surface area contributed by atoms with Gasteiger partial charge in [0.15, 0.2) is 9.84 Å². The van der Waals surface area contributed by atoms with Crippen LogP contribution in [0.3, 0.4) is 0 Å². The Morgan fingerprint density at radius 1 is 1.35 bits per heavy atom. The van der Waals surface area contributed by atoms with Crippen molar-refractivity contribution in [2.24, 2.45) is 5.92 Å². The molecule has 1 aliphatic rings. The minimum atomic E-state index is -3.08. The largest absolute Gasteiger partial charge is 0.311 e. The lowest BCUT2D eigenvalue weighted by molar-refractivity contribution is -0.119. The smallest absolute Gasteiger partial charge is 0.229 e. The van der Waals surface area contributed by atoms with Crippen LogP contribution < -0.4 is 5.32 Å². The fourth-order valence-electron chi connectivity index (χ4n) is 2.58.